The summed E-state index contributed by atoms with van der Waals surface area (Å²) in [5.74, 6) is -2.55. The minimum absolute atomic E-state index is 0.0372. The van der Waals surface area contributed by atoms with Gasteiger partial charge in [0, 0.05) is 33.6 Å². The highest BCUT2D eigenvalue weighted by molar-refractivity contribution is 5.96. The lowest BCUT2D eigenvalue weighted by molar-refractivity contribution is -0.162. The normalized spacial score (nSPS) is 16.1. The monoisotopic (exact) mass is 749 g/mol. The minimum atomic E-state index is -0.958. The van der Waals surface area contributed by atoms with E-state index >= 15 is 0 Å². The Hall–Kier alpha value is -4.94. The predicted octanol–water partition coefficient (Wildman–Crippen LogP) is 4.34. The van der Waals surface area contributed by atoms with Crippen molar-refractivity contribution in [3.05, 3.63) is 71.3 Å². The molecule has 0 radical (unpaired) electrons. The van der Waals surface area contributed by atoms with Gasteiger partial charge in [0.05, 0.1) is 0 Å². The number of carbonyl (C=O) groups is 6. The van der Waals surface area contributed by atoms with E-state index in [2.05, 4.69) is 5.32 Å². The fraction of sp³-hybridized carbons (Fsp3) is 0.561. The molecule has 0 aliphatic carbocycles. The maximum absolute atomic E-state index is 14.3. The molecule has 13 nitrogen and oxygen atoms in total. The lowest BCUT2D eigenvalue weighted by Gasteiger charge is -2.45. The number of likely N-dealkylation sites (tertiary alicyclic amines) is 1. The SMILES string of the molecule is CC[C@H](C)[C@H](NC(=O)OCc1ccccc1)C(=O)N(C)[C@@H](C)C(=O)N1CC[C@H]1C(=O)N(CC)C(Cc1ccc(C)cc1)C(=O)N(C)CC(=O)OC(C)(C)C. The predicted molar refractivity (Wildman–Crippen MR) is 205 cm³/mol. The molecule has 5 atom stereocenters. The van der Waals surface area contributed by atoms with Crippen LogP contribution in [0.3, 0.4) is 0 Å². The van der Waals surface area contributed by atoms with E-state index in [1.54, 1.807) is 34.6 Å². The summed E-state index contributed by atoms with van der Waals surface area (Å²) in [5, 5.41) is 2.69. The molecule has 296 valence electrons. The molecule has 1 aliphatic rings. The molecule has 5 amide bonds. The fourth-order valence-electron chi connectivity index (χ4n) is 6.20. The first-order chi connectivity index (χ1) is 25.4. The second-order valence-electron chi connectivity index (χ2n) is 15.1. The first-order valence-corrected chi connectivity index (χ1v) is 18.8. The number of nitrogens with zero attached hydrogens (tertiary/aromatic N) is 4. The molecule has 3 rings (SSSR count). The van der Waals surface area contributed by atoms with Crippen LogP contribution < -0.4 is 5.32 Å². The number of likely N-dealkylation sites (N-methyl/N-ethyl adjacent to an activating group) is 3. The Balaban J connectivity index is 1.76. The van der Waals surface area contributed by atoms with Crippen LogP contribution in [-0.2, 0) is 46.5 Å². The molecular weight excluding hydrogens is 690 g/mol. The summed E-state index contributed by atoms with van der Waals surface area (Å²) in [6, 6.07) is 13.1. The van der Waals surface area contributed by atoms with E-state index < -0.39 is 65.5 Å². The highest BCUT2D eigenvalue weighted by Gasteiger charge is 2.45. The maximum Gasteiger partial charge on any atom is 0.408 e. The topological polar surface area (TPSA) is 146 Å². The van der Waals surface area contributed by atoms with E-state index in [4.69, 9.17) is 9.47 Å². The Morgan fingerprint density at radius 3 is 2.07 bits per heavy atom. The maximum atomic E-state index is 14.3. The van der Waals surface area contributed by atoms with Crippen molar-refractivity contribution in [1.29, 1.82) is 0 Å². The van der Waals surface area contributed by atoms with Crippen molar-refractivity contribution in [1.82, 2.24) is 24.9 Å². The van der Waals surface area contributed by atoms with Gasteiger partial charge in [-0.1, -0.05) is 80.4 Å². The molecule has 2 aromatic carbocycles. The summed E-state index contributed by atoms with van der Waals surface area (Å²) in [7, 11) is 3.01. The number of benzene rings is 2. The Morgan fingerprint density at radius 1 is 0.907 bits per heavy atom. The van der Waals surface area contributed by atoms with Gasteiger partial charge >= 0.3 is 12.1 Å². The summed E-state index contributed by atoms with van der Waals surface area (Å²) < 4.78 is 10.8. The standard InChI is InChI=1S/C41H59N5O8/c1-11-28(4)35(42-40(52)53-26-31-16-14-13-15-17-31)39(51)44(10)29(5)36(48)46-23-22-32(46)38(50)45(12-2)33(24-30-20-18-27(3)19-21-30)37(49)43(9)25-34(47)54-41(6,7)8/h13-21,28-29,32-33,35H,11-12,22-26H2,1-10H3,(H,42,52)/t28-,29-,32-,33?,35-/m0/s1. The van der Waals surface area contributed by atoms with E-state index in [1.165, 1.54) is 33.7 Å². The minimum Gasteiger partial charge on any atom is -0.459 e. The van der Waals surface area contributed by atoms with Gasteiger partial charge in [-0.3, -0.25) is 24.0 Å². The number of aryl methyl sites for hydroxylation is 1. The summed E-state index contributed by atoms with van der Waals surface area (Å²) in [6.07, 6.45) is 0.416. The van der Waals surface area contributed by atoms with E-state index in [0.717, 1.165) is 16.7 Å². The molecule has 0 saturated carbocycles. The van der Waals surface area contributed by atoms with Crippen molar-refractivity contribution in [2.24, 2.45) is 5.92 Å². The second-order valence-corrected chi connectivity index (χ2v) is 15.1. The number of ether oxygens (including phenoxy) is 2. The third-order valence-corrected chi connectivity index (χ3v) is 9.84. The molecule has 0 aromatic heterocycles. The fourth-order valence-corrected chi connectivity index (χ4v) is 6.20. The second kappa shape index (κ2) is 19.4. The molecule has 0 spiro atoms. The molecular formula is C41H59N5O8. The van der Waals surface area contributed by atoms with Crippen LogP contribution in [0.15, 0.2) is 54.6 Å². The first kappa shape index (κ1) is 43.5. The van der Waals surface area contributed by atoms with Gasteiger partial charge in [-0.15, -0.1) is 0 Å². The van der Waals surface area contributed by atoms with Crippen LogP contribution in [0.1, 0.15) is 78.0 Å². The van der Waals surface area contributed by atoms with Gasteiger partial charge in [0.25, 0.3) is 0 Å². The summed E-state index contributed by atoms with van der Waals surface area (Å²) in [5.41, 5.74) is 1.94. The van der Waals surface area contributed by atoms with Gasteiger partial charge < -0.3 is 34.4 Å². The van der Waals surface area contributed by atoms with Crippen molar-refractivity contribution in [3.63, 3.8) is 0 Å². The summed E-state index contributed by atoms with van der Waals surface area (Å²) in [6.45, 7) is 14.5. The van der Waals surface area contributed by atoms with Crippen molar-refractivity contribution in [3.8, 4) is 0 Å². The van der Waals surface area contributed by atoms with Gasteiger partial charge in [0.1, 0.15) is 42.9 Å². The van der Waals surface area contributed by atoms with Crippen LogP contribution >= 0.6 is 0 Å². The molecule has 1 saturated heterocycles. The van der Waals surface area contributed by atoms with E-state index in [1.807, 2.05) is 75.4 Å². The molecule has 1 N–H and O–H groups in total. The number of esters is 1. The Bertz CT molecular complexity index is 1610. The van der Waals surface area contributed by atoms with Crippen molar-refractivity contribution in [2.75, 3.05) is 33.7 Å². The van der Waals surface area contributed by atoms with Gasteiger partial charge in [0.15, 0.2) is 0 Å². The van der Waals surface area contributed by atoms with E-state index in [0.29, 0.717) is 19.4 Å². The Labute approximate surface area is 320 Å². The number of rotatable bonds is 16. The Kier molecular flexibility index (Phi) is 15.6. The molecule has 0 bridgehead atoms. The molecule has 1 unspecified atom stereocenters. The number of amides is 5. The van der Waals surface area contributed by atoms with Crippen LogP contribution in [0.2, 0.25) is 0 Å². The molecule has 1 heterocycles. The van der Waals surface area contributed by atoms with Gasteiger partial charge in [-0.25, -0.2) is 4.79 Å². The van der Waals surface area contributed by atoms with Crippen LogP contribution in [-0.4, -0.2) is 119 Å². The van der Waals surface area contributed by atoms with E-state index in [-0.39, 0.29) is 32.0 Å². The van der Waals surface area contributed by atoms with Crippen molar-refractivity contribution >= 4 is 35.7 Å². The number of hydrogen-bond donors (Lipinski definition) is 1. The van der Waals surface area contributed by atoms with Gasteiger partial charge in [-0.2, -0.15) is 0 Å². The Morgan fingerprint density at radius 2 is 1.54 bits per heavy atom. The van der Waals surface area contributed by atoms with Crippen LogP contribution in [0, 0.1) is 12.8 Å². The summed E-state index contributed by atoms with van der Waals surface area (Å²) in [4.78, 5) is 86.9. The number of nitrogens with one attached hydrogen (secondary N) is 1. The molecule has 13 heteroatoms. The molecule has 1 aliphatic heterocycles. The highest BCUT2D eigenvalue weighted by Crippen LogP contribution is 2.25. The number of hydrogen-bond acceptors (Lipinski definition) is 8. The van der Waals surface area contributed by atoms with Crippen LogP contribution in [0.25, 0.3) is 0 Å². The average molecular weight is 750 g/mol. The molecule has 2 aromatic rings. The highest BCUT2D eigenvalue weighted by atomic mass is 16.6. The quantitative estimate of drug-likeness (QED) is 0.250. The average Bonchev–Trinajstić information content (AvgIpc) is 3.11. The van der Waals surface area contributed by atoms with E-state index in [9.17, 15) is 28.8 Å². The van der Waals surface area contributed by atoms with Crippen molar-refractivity contribution in [2.45, 2.75) is 111 Å². The lowest BCUT2D eigenvalue weighted by Crippen LogP contribution is -2.65. The third-order valence-electron chi connectivity index (χ3n) is 9.84. The zero-order chi connectivity index (χ0) is 40.3. The van der Waals surface area contributed by atoms with Crippen LogP contribution in [0.5, 0.6) is 0 Å². The largest absolute Gasteiger partial charge is 0.459 e. The first-order valence-electron chi connectivity index (χ1n) is 18.8. The smallest absolute Gasteiger partial charge is 0.408 e. The van der Waals surface area contributed by atoms with Gasteiger partial charge in [0.2, 0.25) is 23.6 Å². The number of carbonyl (C=O) groups excluding carboxylic acids is 6. The number of alkyl carbamates (subject to hydrolysis) is 1. The zero-order valence-electron chi connectivity index (χ0n) is 33.6. The van der Waals surface area contributed by atoms with Gasteiger partial charge in [-0.05, 0) is 65.0 Å². The molecule has 54 heavy (non-hydrogen) atoms. The lowest BCUT2D eigenvalue weighted by atomic mass is 9.95. The van der Waals surface area contributed by atoms with Crippen molar-refractivity contribution < 1.29 is 38.2 Å². The van der Waals surface area contributed by atoms with Crippen LogP contribution in [0.4, 0.5) is 4.79 Å². The zero-order valence-corrected chi connectivity index (χ0v) is 33.6. The molecule has 1 fully saturated rings. The third kappa shape index (κ3) is 11.8. The summed E-state index contributed by atoms with van der Waals surface area (Å²) >= 11 is 0.